The standard InChI is InChI=1S/C23H27NO4/c1-16-4-2-6-18(12-16)15-28-21-7-3-5-17(13-21)14-22(25)24-20-10-8-19(9-11-20)23(26)27/h2-7,12-13,19-20H,8-11,14-15H2,1H3,(H,24,25)(H,26,27). The van der Waals surface area contributed by atoms with Crippen LogP contribution < -0.4 is 10.1 Å². The number of aliphatic carboxylic acids is 1. The number of carboxylic acids is 1. The van der Waals surface area contributed by atoms with Crippen LogP contribution in [0.3, 0.4) is 0 Å². The van der Waals surface area contributed by atoms with Gasteiger partial charge < -0.3 is 15.2 Å². The van der Waals surface area contributed by atoms with Crippen LogP contribution in [-0.2, 0) is 22.6 Å². The molecule has 0 heterocycles. The van der Waals surface area contributed by atoms with Gasteiger partial charge in [-0.2, -0.15) is 0 Å². The second-order valence-electron chi connectivity index (χ2n) is 7.56. The lowest BCUT2D eigenvalue weighted by molar-refractivity contribution is -0.142. The SMILES string of the molecule is Cc1cccc(COc2cccc(CC(=O)NC3CCC(C(=O)O)CC3)c2)c1. The molecule has 0 radical (unpaired) electrons. The summed E-state index contributed by atoms with van der Waals surface area (Å²) < 4.78 is 5.87. The molecule has 0 unspecified atom stereocenters. The number of nitrogens with one attached hydrogen (secondary N) is 1. The Kier molecular flexibility index (Phi) is 6.69. The number of benzene rings is 2. The molecule has 28 heavy (non-hydrogen) atoms. The number of hydrogen-bond donors (Lipinski definition) is 2. The van der Waals surface area contributed by atoms with Gasteiger partial charge in [-0.25, -0.2) is 0 Å². The number of ether oxygens (including phenoxy) is 1. The molecule has 0 saturated heterocycles. The maximum Gasteiger partial charge on any atom is 0.306 e. The maximum absolute atomic E-state index is 12.4. The Morgan fingerprint density at radius 3 is 2.46 bits per heavy atom. The van der Waals surface area contributed by atoms with Crippen LogP contribution in [0, 0.1) is 12.8 Å². The highest BCUT2D eigenvalue weighted by atomic mass is 16.5. The monoisotopic (exact) mass is 381 g/mol. The lowest BCUT2D eigenvalue weighted by atomic mass is 9.86. The van der Waals surface area contributed by atoms with Gasteiger partial charge in [0.05, 0.1) is 12.3 Å². The Labute approximate surface area is 165 Å². The van der Waals surface area contributed by atoms with Crippen LogP contribution in [0.2, 0.25) is 0 Å². The van der Waals surface area contributed by atoms with E-state index in [4.69, 9.17) is 9.84 Å². The Morgan fingerprint density at radius 1 is 1.04 bits per heavy atom. The smallest absolute Gasteiger partial charge is 0.306 e. The Balaban J connectivity index is 1.48. The van der Waals surface area contributed by atoms with E-state index in [2.05, 4.69) is 24.4 Å². The van der Waals surface area contributed by atoms with E-state index in [1.54, 1.807) is 0 Å². The van der Waals surface area contributed by atoms with Gasteiger partial charge in [-0.05, 0) is 55.9 Å². The summed E-state index contributed by atoms with van der Waals surface area (Å²) in [5, 5.41) is 12.1. The maximum atomic E-state index is 12.4. The van der Waals surface area contributed by atoms with Crippen LogP contribution >= 0.6 is 0 Å². The second-order valence-corrected chi connectivity index (χ2v) is 7.56. The second kappa shape index (κ2) is 9.40. The van der Waals surface area contributed by atoms with Gasteiger partial charge in [0.1, 0.15) is 12.4 Å². The zero-order valence-corrected chi connectivity index (χ0v) is 16.2. The molecular weight excluding hydrogens is 354 g/mol. The van der Waals surface area contributed by atoms with E-state index in [9.17, 15) is 9.59 Å². The zero-order chi connectivity index (χ0) is 19.9. The van der Waals surface area contributed by atoms with Gasteiger partial charge in [-0.3, -0.25) is 9.59 Å². The minimum atomic E-state index is -0.729. The number of rotatable bonds is 7. The topological polar surface area (TPSA) is 75.6 Å². The van der Waals surface area contributed by atoms with Crippen LogP contribution in [-0.4, -0.2) is 23.0 Å². The molecule has 1 amide bonds. The third-order valence-electron chi connectivity index (χ3n) is 5.19. The van der Waals surface area contributed by atoms with E-state index in [1.165, 1.54) is 5.56 Å². The molecule has 1 fully saturated rings. The molecule has 0 aliphatic heterocycles. The Hall–Kier alpha value is -2.82. The number of carboxylic acid groups (broad SMARTS) is 1. The van der Waals surface area contributed by atoms with E-state index in [0.717, 1.165) is 29.7 Å². The highest BCUT2D eigenvalue weighted by molar-refractivity contribution is 5.79. The van der Waals surface area contributed by atoms with Gasteiger partial charge in [0, 0.05) is 6.04 Å². The van der Waals surface area contributed by atoms with Crippen molar-refractivity contribution in [2.24, 2.45) is 5.92 Å². The molecule has 1 saturated carbocycles. The third kappa shape index (κ3) is 5.84. The summed E-state index contributed by atoms with van der Waals surface area (Å²) in [6, 6.07) is 15.9. The Morgan fingerprint density at radius 2 is 1.75 bits per heavy atom. The van der Waals surface area contributed by atoms with Crippen LogP contribution in [0.15, 0.2) is 48.5 Å². The van der Waals surface area contributed by atoms with Crippen LogP contribution in [0.5, 0.6) is 5.75 Å². The van der Waals surface area contributed by atoms with E-state index in [1.807, 2.05) is 36.4 Å². The van der Waals surface area contributed by atoms with Gasteiger partial charge >= 0.3 is 5.97 Å². The number of amides is 1. The van der Waals surface area contributed by atoms with E-state index in [-0.39, 0.29) is 17.9 Å². The average Bonchev–Trinajstić information content (AvgIpc) is 2.67. The molecule has 5 nitrogen and oxygen atoms in total. The normalized spacial score (nSPS) is 19.0. The largest absolute Gasteiger partial charge is 0.489 e. The number of hydrogen-bond acceptors (Lipinski definition) is 3. The first-order chi connectivity index (χ1) is 13.5. The molecule has 2 N–H and O–H groups in total. The quantitative estimate of drug-likeness (QED) is 0.763. The molecule has 1 aliphatic carbocycles. The van der Waals surface area contributed by atoms with Gasteiger partial charge in [-0.1, -0.05) is 42.0 Å². The van der Waals surface area contributed by atoms with Gasteiger partial charge in [0.15, 0.2) is 0 Å². The fourth-order valence-electron chi connectivity index (χ4n) is 3.66. The molecule has 0 bridgehead atoms. The lowest BCUT2D eigenvalue weighted by Crippen LogP contribution is -2.39. The zero-order valence-electron chi connectivity index (χ0n) is 16.2. The number of aryl methyl sites for hydroxylation is 1. The lowest BCUT2D eigenvalue weighted by Gasteiger charge is -2.26. The molecule has 2 aromatic rings. The summed E-state index contributed by atoms with van der Waals surface area (Å²) in [6.45, 7) is 2.54. The molecule has 5 heteroatoms. The minimum Gasteiger partial charge on any atom is -0.489 e. The summed E-state index contributed by atoms with van der Waals surface area (Å²) in [4.78, 5) is 23.4. The van der Waals surface area contributed by atoms with Crippen molar-refractivity contribution in [3.05, 3.63) is 65.2 Å². The molecule has 0 spiro atoms. The molecular formula is C23H27NO4. The van der Waals surface area contributed by atoms with Crippen molar-refractivity contribution in [2.45, 2.75) is 51.7 Å². The first kappa shape index (κ1) is 19.9. The van der Waals surface area contributed by atoms with Crippen molar-refractivity contribution in [2.75, 3.05) is 0 Å². The predicted octanol–water partition coefficient (Wildman–Crippen LogP) is 3.88. The summed E-state index contributed by atoms with van der Waals surface area (Å²) in [7, 11) is 0. The molecule has 1 aliphatic rings. The first-order valence-electron chi connectivity index (χ1n) is 9.79. The molecule has 3 rings (SSSR count). The molecule has 0 aromatic heterocycles. The van der Waals surface area contributed by atoms with Crippen molar-refractivity contribution < 1.29 is 19.4 Å². The van der Waals surface area contributed by atoms with Crippen LogP contribution in [0.25, 0.3) is 0 Å². The molecule has 2 aromatic carbocycles. The molecule has 148 valence electrons. The van der Waals surface area contributed by atoms with Crippen molar-refractivity contribution in [1.82, 2.24) is 5.32 Å². The summed E-state index contributed by atoms with van der Waals surface area (Å²) in [6.07, 6.45) is 3.00. The number of carbonyl (C=O) groups is 2. The van der Waals surface area contributed by atoms with Crippen molar-refractivity contribution in [3.8, 4) is 5.75 Å². The number of carbonyl (C=O) groups excluding carboxylic acids is 1. The summed E-state index contributed by atoms with van der Waals surface area (Å²) in [5.74, 6) is -0.286. The highest BCUT2D eigenvalue weighted by Gasteiger charge is 2.26. The third-order valence-corrected chi connectivity index (χ3v) is 5.19. The van der Waals surface area contributed by atoms with Crippen LogP contribution in [0.1, 0.15) is 42.4 Å². The van der Waals surface area contributed by atoms with E-state index in [0.29, 0.717) is 25.9 Å². The van der Waals surface area contributed by atoms with E-state index >= 15 is 0 Å². The molecule has 0 atom stereocenters. The Bertz CT molecular complexity index is 825. The van der Waals surface area contributed by atoms with Crippen molar-refractivity contribution >= 4 is 11.9 Å². The van der Waals surface area contributed by atoms with Crippen molar-refractivity contribution in [1.29, 1.82) is 0 Å². The average molecular weight is 381 g/mol. The summed E-state index contributed by atoms with van der Waals surface area (Å²) in [5.41, 5.74) is 3.21. The van der Waals surface area contributed by atoms with Gasteiger partial charge in [0.25, 0.3) is 0 Å². The van der Waals surface area contributed by atoms with Gasteiger partial charge in [-0.15, -0.1) is 0 Å². The fraction of sp³-hybridized carbons (Fsp3) is 0.391. The van der Waals surface area contributed by atoms with E-state index < -0.39 is 5.97 Å². The minimum absolute atomic E-state index is 0.0328. The first-order valence-corrected chi connectivity index (χ1v) is 9.79. The van der Waals surface area contributed by atoms with Crippen molar-refractivity contribution in [3.63, 3.8) is 0 Å². The van der Waals surface area contributed by atoms with Crippen LogP contribution in [0.4, 0.5) is 0 Å². The predicted molar refractivity (Wildman–Crippen MR) is 107 cm³/mol. The summed E-state index contributed by atoms with van der Waals surface area (Å²) >= 11 is 0. The highest BCUT2D eigenvalue weighted by Crippen LogP contribution is 2.24. The van der Waals surface area contributed by atoms with Gasteiger partial charge in [0.2, 0.25) is 5.91 Å². The fourth-order valence-corrected chi connectivity index (χ4v) is 3.66.